The first-order valence-electron chi connectivity index (χ1n) is 9.82. The van der Waals surface area contributed by atoms with Crippen LogP contribution in [0.15, 0.2) is 60.7 Å². The summed E-state index contributed by atoms with van der Waals surface area (Å²) in [6, 6.07) is 18.9. The van der Waals surface area contributed by atoms with Gasteiger partial charge in [0.1, 0.15) is 12.2 Å². The molecule has 0 radical (unpaired) electrons. The minimum atomic E-state index is -3.22. The molecular formula is C23H28F2O3. The van der Waals surface area contributed by atoms with Gasteiger partial charge in [0.2, 0.25) is 0 Å². The highest BCUT2D eigenvalue weighted by Gasteiger charge is 2.59. The summed E-state index contributed by atoms with van der Waals surface area (Å²) in [5.41, 5.74) is 1.82. The number of halogens is 2. The fourth-order valence-electron chi connectivity index (χ4n) is 4.11. The second-order valence-electron chi connectivity index (χ2n) is 7.52. The summed E-state index contributed by atoms with van der Waals surface area (Å²) in [6.45, 7) is 3.92. The van der Waals surface area contributed by atoms with Gasteiger partial charge in [-0.3, -0.25) is 0 Å². The predicted molar refractivity (Wildman–Crippen MR) is 104 cm³/mol. The number of alkyl halides is 2. The molecule has 152 valence electrons. The standard InChI is InChI=1S/C23H28F2O3/c1-3-19-16(2)20(27-14-17-10-6-4-7-11-17)21(22(26)23(19,24)25)28-15-18-12-8-5-9-13-18/h4-13,16,19-22,26H,3,14-15H2,1-2H3/t16-,19-,20+,21-,22+/m1/s1. The van der Waals surface area contributed by atoms with E-state index in [9.17, 15) is 13.9 Å². The van der Waals surface area contributed by atoms with Crippen molar-refractivity contribution in [2.45, 2.75) is 57.7 Å². The van der Waals surface area contributed by atoms with Crippen LogP contribution in [0.3, 0.4) is 0 Å². The van der Waals surface area contributed by atoms with Crippen molar-refractivity contribution in [3.8, 4) is 0 Å². The maximum Gasteiger partial charge on any atom is 0.279 e. The van der Waals surface area contributed by atoms with Crippen LogP contribution in [0.2, 0.25) is 0 Å². The Bertz CT molecular complexity index is 723. The van der Waals surface area contributed by atoms with Crippen LogP contribution in [0.1, 0.15) is 31.4 Å². The van der Waals surface area contributed by atoms with Crippen LogP contribution in [0, 0.1) is 11.8 Å². The number of hydrogen-bond donors (Lipinski definition) is 1. The number of ether oxygens (including phenoxy) is 2. The Morgan fingerprint density at radius 3 is 1.79 bits per heavy atom. The van der Waals surface area contributed by atoms with Gasteiger partial charge in [-0.15, -0.1) is 0 Å². The van der Waals surface area contributed by atoms with Crippen molar-refractivity contribution in [3.05, 3.63) is 71.8 Å². The molecule has 0 saturated heterocycles. The van der Waals surface area contributed by atoms with Gasteiger partial charge in [0.05, 0.1) is 19.3 Å². The summed E-state index contributed by atoms with van der Waals surface area (Å²) in [6.07, 6.45) is -3.36. The minimum absolute atomic E-state index is 0.146. The molecule has 0 amide bonds. The monoisotopic (exact) mass is 390 g/mol. The molecule has 5 heteroatoms. The molecule has 3 rings (SSSR count). The average Bonchev–Trinajstić information content (AvgIpc) is 2.71. The van der Waals surface area contributed by atoms with E-state index >= 15 is 0 Å². The number of aliphatic hydroxyl groups excluding tert-OH is 1. The van der Waals surface area contributed by atoms with Crippen molar-refractivity contribution in [2.24, 2.45) is 11.8 Å². The molecule has 1 N–H and O–H groups in total. The summed E-state index contributed by atoms with van der Waals surface area (Å²) in [5, 5.41) is 10.5. The van der Waals surface area contributed by atoms with Crippen molar-refractivity contribution in [1.29, 1.82) is 0 Å². The topological polar surface area (TPSA) is 38.7 Å². The lowest BCUT2D eigenvalue weighted by Crippen LogP contribution is -2.62. The van der Waals surface area contributed by atoms with Gasteiger partial charge in [-0.2, -0.15) is 0 Å². The Morgan fingerprint density at radius 1 is 0.857 bits per heavy atom. The molecule has 0 heterocycles. The molecule has 1 aliphatic carbocycles. The Labute approximate surface area is 165 Å². The Kier molecular flexibility index (Phi) is 6.81. The second kappa shape index (κ2) is 9.12. The molecule has 28 heavy (non-hydrogen) atoms. The molecule has 3 nitrogen and oxygen atoms in total. The molecule has 5 atom stereocenters. The van der Waals surface area contributed by atoms with E-state index in [-0.39, 0.29) is 19.6 Å². The first-order chi connectivity index (χ1) is 13.4. The molecule has 2 aromatic carbocycles. The van der Waals surface area contributed by atoms with Crippen molar-refractivity contribution in [2.75, 3.05) is 0 Å². The summed E-state index contributed by atoms with van der Waals surface area (Å²) in [5.74, 6) is -4.63. The van der Waals surface area contributed by atoms with E-state index in [0.29, 0.717) is 0 Å². The van der Waals surface area contributed by atoms with Gasteiger partial charge in [-0.05, 0) is 23.5 Å². The number of benzene rings is 2. The summed E-state index contributed by atoms with van der Waals surface area (Å²) < 4.78 is 41.6. The van der Waals surface area contributed by atoms with E-state index in [0.717, 1.165) is 11.1 Å². The molecule has 2 aromatic rings. The number of hydrogen-bond acceptors (Lipinski definition) is 3. The van der Waals surface area contributed by atoms with E-state index < -0.39 is 36.1 Å². The smallest absolute Gasteiger partial charge is 0.279 e. The van der Waals surface area contributed by atoms with Gasteiger partial charge in [-0.25, -0.2) is 8.78 Å². The third-order valence-corrected chi connectivity index (χ3v) is 5.69. The SMILES string of the molecule is CC[C@@H]1[C@@H](C)[C@H](OCc2ccccc2)[C@@H](OCc2ccccc2)[C@H](O)C1(F)F. The largest absolute Gasteiger partial charge is 0.384 e. The molecule has 0 spiro atoms. The zero-order valence-corrected chi connectivity index (χ0v) is 16.3. The Hall–Kier alpha value is -1.82. The molecule has 0 unspecified atom stereocenters. The highest BCUT2D eigenvalue weighted by atomic mass is 19.3. The minimum Gasteiger partial charge on any atom is -0.384 e. The van der Waals surface area contributed by atoms with Gasteiger partial charge in [0.15, 0.2) is 0 Å². The summed E-state index contributed by atoms with van der Waals surface area (Å²) in [4.78, 5) is 0. The van der Waals surface area contributed by atoms with Gasteiger partial charge < -0.3 is 14.6 Å². The number of aliphatic hydroxyl groups is 1. The quantitative estimate of drug-likeness (QED) is 0.736. The molecule has 0 aliphatic heterocycles. The third kappa shape index (κ3) is 4.43. The van der Waals surface area contributed by atoms with Gasteiger partial charge in [-0.1, -0.05) is 74.5 Å². The number of rotatable bonds is 7. The average molecular weight is 390 g/mol. The fourth-order valence-corrected chi connectivity index (χ4v) is 4.11. The Balaban J connectivity index is 1.79. The van der Waals surface area contributed by atoms with Crippen molar-refractivity contribution in [1.82, 2.24) is 0 Å². The van der Waals surface area contributed by atoms with Gasteiger partial charge >= 0.3 is 0 Å². The zero-order valence-electron chi connectivity index (χ0n) is 16.3. The van der Waals surface area contributed by atoms with Crippen LogP contribution in [-0.4, -0.2) is 29.3 Å². The lowest BCUT2D eigenvalue weighted by atomic mass is 9.71. The predicted octanol–water partition coefficient (Wildman–Crippen LogP) is 4.83. The van der Waals surface area contributed by atoms with Crippen LogP contribution >= 0.6 is 0 Å². The summed E-state index contributed by atoms with van der Waals surface area (Å²) in [7, 11) is 0. The van der Waals surface area contributed by atoms with E-state index in [2.05, 4.69) is 0 Å². The molecular weight excluding hydrogens is 362 g/mol. The normalized spacial score (nSPS) is 29.5. The summed E-state index contributed by atoms with van der Waals surface area (Å²) >= 11 is 0. The second-order valence-corrected chi connectivity index (χ2v) is 7.52. The Morgan fingerprint density at radius 2 is 1.32 bits per heavy atom. The van der Waals surface area contributed by atoms with E-state index in [1.165, 1.54) is 0 Å². The molecule has 0 aromatic heterocycles. The molecule has 1 aliphatic rings. The van der Waals surface area contributed by atoms with Crippen LogP contribution in [0.25, 0.3) is 0 Å². The van der Waals surface area contributed by atoms with Crippen LogP contribution in [0.5, 0.6) is 0 Å². The van der Waals surface area contributed by atoms with Crippen LogP contribution in [-0.2, 0) is 22.7 Å². The first kappa shape index (κ1) is 20.9. The van der Waals surface area contributed by atoms with Crippen LogP contribution < -0.4 is 0 Å². The van der Waals surface area contributed by atoms with Gasteiger partial charge in [0, 0.05) is 5.92 Å². The van der Waals surface area contributed by atoms with Crippen molar-refractivity contribution in [3.63, 3.8) is 0 Å². The molecule has 1 saturated carbocycles. The molecule has 1 fully saturated rings. The lowest BCUT2D eigenvalue weighted by Gasteiger charge is -2.48. The highest BCUT2D eigenvalue weighted by Crippen LogP contribution is 2.46. The maximum absolute atomic E-state index is 14.8. The first-order valence-corrected chi connectivity index (χ1v) is 9.82. The van der Waals surface area contributed by atoms with Crippen LogP contribution in [0.4, 0.5) is 8.78 Å². The lowest BCUT2D eigenvalue weighted by molar-refractivity contribution is -0.274. The van der Waals surface area contributed by atoms with E-state index in [1.54, 1.807) is 13.8 Å². The maximum atomic E-state index is 14.8. The molecule has 0 bridgehead atoms. The van der Waals surface area contributed by atoms with Crippen molar-refractivity contribution >= 4 is 0 Å². The van der Waals surface area contributed by atoms with E-state index in [4.69, 9.17) is 9.47 Å². The van der Waals surface area contributed by atoms with Gasteiger partial charge in [0.25, 0.3) is 5.92 Å². The third-order valence-electron chi connectivity index (χ3n) is 5.69. The van der Waals surface area contributed by atoms with E-state index in [1.807, 2.05) is 60.7 Å². The zero-order chi connectivity index (χ0) is 20.1. The highest BCUT2D eigenvalue weighted by molar-refractivity contribution is 5.15. The fraction of sp³-hybridized carbons (Fsp3) is 0.478. The van der Waals surface area contributed by atoms with Crippen molar-refractivity contribution < 1.29 is 23.4 Å².